The quantitative estimate of drug-likeness (QED) is 0.451. The van der Waals surface area contributed by atoms with Gasteiger partial charge in [0.25, 0.3) is 0 Å². The van der Waals surface area contributed by atoms with Crippen LogP contribution in [0, 0.1) is 17.8 Å². The van der Waals surface area contributed by atoms with Crippen LogP contribution >= 0.6 is 0 Å². The van der Waals surface area contributed by atoms with Gasteiger partial charge in [-0.25, -0.2) is 0 Å². The van der Waals surface area contributed by atoms with E-state index in [1.165, 1.54) is 77.0 Å². The molecule has 0 aromatic heterocycles. The van der Waals surface area contributed by atoms with E-state index >= 15 is 0 Å². The number of rotatable bonds is 8. The third kappa shape index (κ3) is 5.55. The Balaban J connectivity index is 1.78. The molecule has 1 heteroatoms. The van der Waals surface area contributed by atoms with Gasteiger partial charge in [0.05, 0.1) is 11.7 Å². The van der Waals surface area contributed by atoms with E-state index < -0.39 is 0 Å². The van der Waals surface area contributed by atoms with Gasteiger partial charge in [-0.3, -0.25) is 0 Å². The molecule has 1 nitrogen and oxygen atoms in total. The Kier molecular flexibility index (Phi) is 7.25. The predicted molar refractivity (Wildman–Crippen MR) is 96.2 cm³/mol. The highest BCUT2D eigenvalue weighted by Crippen LogP contribution is 2.44. The second-order valence-electron chi connectivity index (χ2n) is 8.87. The summed E-state index contributed by atoms with van der Waals surface area (Å²) in [5.74, 6) is 2.66. The first-order chi connectivity index (χ1) is 10.5. The number of ether oxygens (including phenoxy) is 1. The van der Waals surface area contributed by atoms with Crippen LogP contribution in [0.25, 0.3) is 0 Å². The minimum atomic E-state index is 0.182. The van der Waals surface area contributed by atoms with Gasteiger partial charge in [0.2, 0.25) is 0 Å². The molecule has 0 aromatic carbocycles. The second-order valence-corrected chi connectivity index (χ2v) is 8.87. The van der Waals surface area contributed by atoms with Crippen LogP contribution in [-0.4, -0.2) is 11.7 Å². The Hall–Kier alpha value is -0.0400. The monoisotopic (exact) mass is 308 g/mol. The average Bonchev–Trinajstić information content (AvgIpc) is 2.46. The van der Waals surface area contributed by atoms with Crippen molar-refractivity contribution < 1.29 is 4.74 Å². The predicted octanol–water partition coefficient (Wildman–Crippen LogP) is 6.75. The van der Waals surface area contributed by atoms with Gasteiger partial charge in [-0.15, -0.1) is 0 Å². The Morgan fingerprint density at radius 3 is 2.64 bits per heavy atom. The zero-order valence-corrected chi connectivity index (χ0v) is 15.7. The Morgan fingerprint density at radius 1 is 1.09 bits per heavy atom. The molecule has 0 N–H and O–H groups in total. The lowest BCUT2D eigenvalue weighted by atomic mass is 9.72. The fourth-order valence-electron chi connectivity index (χ4n) is 4.68. The highest BCUT2D eigenvalue weighted by molar-refractivity contribution is 4.90. The standard InChI is InChI=1S/C21H40O/c1-5-6-7-10-18-11-12-19-13-15-21(4,22-20(19)16-18)14-8-9-17(2)3/h17-20H,5-16H2,1-4H3. The van der Waals surface area contributed by atoms with Crippen LogP contribution in [0.4, 0.5) is 0 Å². The van der Waals surface area contributed by atoms with Crippen molar-refractivity contribution in [1.29, 1.82) is 0 Å². The van der Waals surface area contributed by atoms with Crippen LogP contribution in [0.3, 0.4) is 0 Å². The van der Waals surface area contributed by atoms with Crippen molar-refractivity contribution in [2.75, 3.05) is 0 Å². The third-order valence-electron chi connectivity index (χ3n) is 6.22. The largest absolute Gasteiger partial charge is 0.372 e. The molecule has 1 heterocycles. The molecule has 2 rings (SSSR count). The highest BCUT2D eigenvalue weighted by atomic mass is 16.5. The van der Waals surface area contributed by atoms with Crippen molar-refractivity contribution in [2.45, 2.75) is 116 Å². The first-order valence-electron chi connectivity index (χ1n) is 10.2. The van der Waals surface area contributed by atoms with Gasteiger partial charge in [0.1, 0.15) is 0 Å². The Bertz CT molecular complexity index is 309. The smallest absolute Gasteiger partial charge is 0.0658 e. The number of unbranched alkanes of at least 4 members (excludes halogenated alkanes) is 2. The van der Waals surface area contributed by atoms with Gasteiger partial charge in [-0.1, -0.05) is 59.3 Å². The lowest BCUT2D eigenvalue weighted by Gasteiger charge is -2.47. The Labute approximate surface area is 139 Å². The molecule has 1 saturated heterocycles. The fraction of sp³-hybridized carbons (Fsp3) is 1.00. The van der Waals surface area contributed by atoms with E-state index in [2.05, 4.69) is 27.7 Å². The summed E-state index contributed by atoms with van der Waals surface area (Å²) in [6.07, 6.45) is 17.2. The summed E-state index contributed by atoms with van der Waals surface area (Å²) < 4.78 is 6.70. The van der Waals surface area contributed by atoms with Crippen molar-refractivity contribution in [3.05, 3.63) is 0 Å². The van der Waals surface area contributed by atoms with E-state index in [1.54, 1.807) is 0 Å². The van der Waals surface area contributed by atoms with Crippen LogP contribution in [0.15, 0.2) is 0 Å². The fourth-order valence-corrected chi connectivity index (χ4v) is 4.68. The zero-order valence-electron chi connectivity index (χ0n) is 15.7. The first-order valence-corrected chi connectivity index (χ1v) is 10.2. The normalized spacial score (nSPS) is 35.6. The maximum Gasteiger partial charge on any atom is 0.0658 e. The van der Waals surface area contributed by atoms with E-state index in [1.807, 2.05) is 0 Å². The molecule has 0 aromatic rings. The van der Waals surface area contributed by atoms with Crippen LogP contribution in [0.1, 0.15) is 105 Å². The lowest BCUT2D eigenvalue weighted by molar-refractivity contribution is -0.166. The molecule has 22 heavy (non-hydrogen) atoms. The molecule has 2 fully saturated rings. The molecular weight excluding hydrogens is 268 g/mol. The second kappa shape index (κ2) is 8.71. The summed E-state index contributed by atoms with van der Waals surface area (Å²) in [6.45, 7) is 9.37. The number of hydrogen-bond donors (Lipinski definition) is 0. The molecule has 130 valence electrons. The SMILES string of the molecule is CCCCCC1CCC2CCC(C)(CCCC(C)C)OC2C1. The van der Waals surface area contributed by atoms with E-state index in [-0.39, 0.29) is 5.60 Å². The minimum absolute atomic E-state index is 0.182. The van der Waals surface area contributed by atoms with E-state index in [0.29, 0.717) is 6.10 Å². The maximum absolute atomic E-state index is 6.70. The molecule has 1 saturated carbocycles. The van der Waals surface area contributed by atoms with Gasteiger partial charge in [0, 0.05) is 0 Å². The summed E-state index contributed by atoms with van der Waals surface area (Å²) >= 11 is 0. The van der Waals surface area contributed by atoms with Gasteiger partial charge < -0.3 is 4.74 Å². The summed E-state index contributed by atoms with van der Waals surface area (Å²) in [6, 6.07) is 0. The van der Waals surface area contributed by atoms with E-state index in [9.17, 15) is 0 Å². The van der Waals surface area contributed by atoms with Gasteiger partial charge in [-0.05, 0) is 63.2 Å². The molecule has 1 aliphatic heterocycles. The molecule has 0 spiro atoms. The molecule has 1 aliphatic carbocycles. The summed E-state index contributed by atoms with van der Waals surface area (Å²) in [7, 11) is 0. The topological polar surface area (TPSA) is 9.23 Å². The highest BCUT2D eigenvalue weighted by Gasteiger charge is 2.41. The van der Waals surface area contributed by atoms with Crippen molar-refractivity contribution in [1.82, 2.24) is 0 Å². The van der Waals surface area contributed by atoms with E-state index in [0.717, 1.165) is 17.8 Å². The van der Waals surface area contributed by atoms with Gasteiger partial charge in [-0.2, -0.15) is 0 Å². The summed E-state index contributed by atoms with van der Waals surface area (Å²) in [4.78, 5) is 0. The first kappa shape index (κ1) is 18.3. The van der Waals surface area contributed by atoms with Gasteiger partial charge >= 0.3 is 0 Å². The number of fused-ring (bicyclic) bond motifs is 1. The van der Waals surface area contributed by atoms with E-state index in [4.69, 9.17) is 4.74 Å². The van der Waals surface area contributed by atoms with Crippen LogP contribution < -0.4 is 0 Å². The lowest BCUT2D eigenvalue weighted by Crippen LogP contribution is -2.45. The van der Waals surface area contributed by atoms with Crippen molar-refractivity contribution in [3.8, 4) is 0 Å². The van der Waals surface area contributed by atoms with Crippen molar-refractivity contribution >= 4 is 0 Å². The molecule has 4 atom stereocenters. The van der Waals surface area contributed by atoms with Crippen molar-refractivity contribution in [2.24, 2.45) is 17.8 Å². The molecule has 0 amide bonds. The molecule has 2 aliphatic rings. The molecule has 0 bridgehead atoms. The van der Waals surface area contributed by atoms with Crippen LogP contribution in [0.2, 0.25) is 0 Å². The van der Waals surface area contributed by atoms with Crippen molar-refractivity contribution in [3.63, 3.8) is 0 Å². The molecule has 4 unspecified atom stereocenters. The van der Waals surface area contributed by atoms with Crippen LogP contribution in [-0.2, 0) is 4.74 Å². The van der Waals surface area contributed by atoms with Gasteiger partial charge in [0.15, 0.2) is 0 Å². The zero-order chi connectivity index (χ0) is 16.0. The maximum atomic E-state index is 6.70. The molecule has 0 radical (unpaired) electrons. The minimum Gasteiger partial charge on any atom is -0.372 e. The summed E-state index contributed by atoms with van der Waals surface area (Å²) in [5, 5.41) is 0. The third-order valence-corrected chi connectivity index (χ3v) is 6.22. The summed E-state index contributed by atoms with van der Waals surface area (Å²) in [5.41, 5.74) is 0.182. The Morgan fingerprint density at radius 2 is 1.91 bits per heavy atom. The number of hydrogen-bond acceptors (Lipinski definition) is 1. The average molecular weight is 309 g/mol. The molecular formula is C21H40O. The van der Waals surface area contributed by atoms with Crippen LogP contribution in [0.5, 0.6) is 0 Å².